The highest BCUT2D eigenvalue weighted by molar-refractivity contribution is 6.28. The highest BCUT2D eigenvalue weighted by Crippen LogP contribution is 2.33. The molecule has 1 aliphatic rings. The molecule has 2 rings (SSSR count). The predicted octanol–water partition coefficient (Wildman–Crippen LogP) is 0.556. The van der Waals surface area contributed by atoms with Gasteiger partial charge >= 0.3 is 0 Å². The Labute approximate surface area is 104 Å². The van der Waals surface area contributed by atoms with Gasteiger partial charge in [-0.2, -0.15) is 0 Å². The number of ketones is 2. The van der Waals surface area contributed by atoms with E-state index in [0.717, 1.165) is 0 Å². The highest BCUT2D eigenvalue weighted by Gasteiger charge is 2.51. The number of benzene rings is 1. The number of nitrogens with zero attached hydrogens (tertiary/aromatic N) is 1. The number of carbonyl (C=O) groups excluding carboxylic acids is 3. The fraction of sp³-hybridized carbons (Fsp3) is 0.308. The van der Waals surface area contributed by atoms with Gasteiger partial charge in [0.2, 0.25) is 11.4 Å². The number of para-hydroxylation sites is 1. The molecule has 1 aliphatic heterocycles. The van der Waals surface area contributed by atoms with Crippen molar-refractivity contribution in [1.29, 1.82) is 0 Å². The first-order valence-electron chi connectivity index (χ1n) is 5.51. The van der Waals surface area contributed by atoms with Crippen LogP contribution in [0, 0.1) is 0 Å². The number of amides is 1. The molecule has 0 aliphatic carbocycles. The van der Waals surface area contributed by atoms with E-state index in [9.17, 15) is 19.5 Å². The molecule has 1 N–H and O–H groups in total. The fourth-order valence-corrected chi connectivity index (χ4v) is 2.18. The third kappa shape index (κ3) is 1.64. The summed E-state index contributed by atoms with van der Waals surface area (Å²) in [6.45, 7) is 1.24. The summed E-state index contributed by atoms with van der Waals surface area (Å²) in [6, 6.07) is 6.50. The highest BCUT2D eigenvalue weighted by atomic mass is 16.3. The summed E-state index contributed by atoms with van der Waals surface area (Å²) in [6.07, 6.45) is -0.497. The van der Waals surface area contributed by atoms with Crippen molar-refractivity contribution in [1.82, 2.24) is 0 Å². The van der Waals surface area contributed by atoms with Crippen molar-refractivity contribution in [3.63, 3.8) is 0 Å². The van der Waals surface area contributed by atoms with E-state index in [1.165, 1.54) is 24.9 Å². The second-order valence-electron chi connectivity index (χ2n) is 4.45. The topological polar surface area (TPSA) is 74.7 Å². The number of fused-ring (bicyclic) bond motifs is 1. The van der Waals surface area contributed by atoms with Crippen LogP contribution in [0.15, 0.2) is 24.3 Å². The summed E-state index contributed by atoms with van der Waals surface area (Å²) in [4.78, 5) is 36.6. The van der Waals surface area contributed by atoms with Gasteiger partial charge in [0.1, 0.15) is 5.78 Å². The molecular formula is C13H13NO4. The molecule has 0 fully saturated rings. The zero-order chi connectivity index (χ0) is 13.5. The van der Waals surface area contributed by atoms with Gasteiger partial charge in [-0.15, -0.1) is 0 Å². The Kier molecular flexibility index (Phi) is 2.78. The van der Waals surface area contributed by atoms with E-state index in [4.69, 9.17) is 0 Å². The Hall–Kier alpha value is -2.01. The van der Waals surface area contributed by atoms with Crippen LogP contribution in [0.4, 0.5) is 5.69 Å². The van der Waals surface area contributed by atoms with Crippen molar-refractivity contribution in [3.05, 3.63) is 29.8 Å². The van der Waals surface area contributed by atoms with Crippen molar-refractivity contribution in [2.24, 2.45) is 0 Å². The maximum Gasteiger partial charge on any atom is 0.267 e. The lowest BCUT2D eigenvalue weighted by Crippen LogP contribution is -2.57. The standard InChI is InChI=1S/C13H13NO4/c1-8(15)7-13(18)11(16)9-5-3-4-6-10(9)14(2)12(13)17/h3-6,18H,7H2,1-2H3/t13-/m1/s1. The molecule has 1 aromatic rings. The predicted molar refractivity (Wildman–Crippen MR) is 64.4 cm³/mol. The third-order valence-corrected chi connectivity index (χ3v) is 3.05. The van der Waals surface area contributed by atoms with Crippen molar-refractivity contribution in [3.8, 4) is 0 Å². The summed E-state index contributed by atoms with van der Waals surface area (Å²) < 4.78 is 0. The largest absolute Gasteiger partial charge is 0.372 e. The number of aliphatic hydroxyl groups is 1. The molecule has 5 heteroatoms. The SMILES string of the molecule is CC(=O)C[C@@]1(O)C(=O)c2ccccc2N(C)C1=O. The lowest BCUT2D eigenvalue weighted by Gasteiger charge is -2.35. The lowest BCUT2D eigenvalue weighted by molar-refractivity contribution is -0.137. The number of anilines is 1. The minimum atomic E-state index is -2.27. The van der Waals surface area contributed by atoms with Crippen LogP contribution in [-0.2, 0) is 9.59 Å². The maximum atomic E-state index is 12.2. The van der Waals surface area contributed by atoms with Crippen molar-refractivity contribution in [2.45, 2.75) is 18.9 Å². The number of carbonyl (C=O) groups is 3. The molecule has 94 valence electrons. The summed E-state index contributed by atoms with van der Waals surface area (Å²) in [5.41, 5.74) is -1.57. The molecule has 0 bridgehead atoms. The summed E-state index contributed by atoms with van der Waals surface area (Å²) in [5.74, 6) is -1.88. The molecule has 0 aromatic heterocycles. The van der Waals surface area contributed by atoms with Crippen molar-refractivity contribution < 1.29 is 19.5 Å². The van der Waals surface area contributed by atoms with Crippen LogP contribution in [0.1, 0.15) is 23.7 Å². The average molecular weight is 247 g/mol. The van der Waals surface area contributed by atoms with Crippen LogP contribution in [-0.4, -0.2) is 35.2 Å². The van der Waals surface area contributed by atoms with Crippen LogP contribution >= 0.6 is 0 Å². The molecule has 0 saturated carbocycles. The minimum Gasteiger partial charge on any atom is -0.372 e. The first-order chi connectivity index (χ1) is 8.38. The van der Waals surface area contributed by atoms with E-state index in [2.05, 4.69) is 0 Å². The van der Waals surface area contributed by atoms with Crippen LogP contribution in [0.3, 0.4) is 0 Å². The summed E-state index contributed by atoms with van der Waals surface area (Å²) >= 11 is 0. The minimum absolute atomic E-state index is 0.253. The number of hydrogen-bond donors (Lipinski definition) is 1. The molecule has 1 atom stereocenters. The van der Waals surface area contributed by atoms with Crippen LogP contribution in [0.25, 0.3) is 0 Å². The monoisotopic (exact) mass is 247 g/mol. The van der Waals surface area contributed by atoms with E-state index in [1.807, 2.05) is 0 Å². The Bertz CT molecular complexity index is 552. The summed E-state index contributed by atoms with van der Waals surface area (Å²) in [5, 5.41) is 10.2. The van der Waals surface area contributed by atoms with E-state index in [0.29, 0.717) is 5.69 Å². The molecule has 1 aromatic carbocycles. The number of hydrogen-bond acceptors (Lipinski definition) is 4. The van der Waals surface area contributed by atoms with Crippen LogP contribution < -0.4 is 4.90 Å². The Morgan fingerprint density at radius 2 is 1.94 bits per heavy atom. The van der Waals surface area contributed by atoms with Gasteiger partial charge in [-0.1, -0.05) is 12.1 Å². The Morgan fingerprint density at radius 1 is 1.33 bits per heavy atom. The molecule has 1 heterocycles. The van der Waals surface area contributed by atoms with Gasteiger partial charge in [0.15, 0.2) is 0 Å². The quantitative estimate of drug-likeness (QED) is 0.775. The van der Waals surface area contributed by atoms with Gasteiger partial charge in [-0.25, -0.2) is 0 Å². The average Bonchev–Trinajstić information content (AvgIpc) is 2.33. The molecule has 18 heavy (non-hydrogen) atoms. The smallest absolute Gasteiger partial charge is 0.267 e. The molecule has 0 unspecified atom stereocenters. The van der Waals surface area contributed by atoms with E-state index in [1.54, 1.807) is 18.2 Å². The zero-order valence-corrected chi connectivity index (χ0v) is 10.1. The maximum absolute atomic E-state index is 12.2. The van der Waals surface area contributed by atoms with Crippen molar-refractivity contribution >= 4 is 23.2 Å². The molecule has 0 radical (unpaired) electrons. The normalized spacial score (nSPS) is 22.9. The van der Waals surface area contributed by atoms with Gasteiger partial charge in [0, 0.05) is 12.6 Å². The number of rotatable bonds is 2. The van der Waals surface area contributed by atoms with Crippen LogP contribution in [0.5, 0.6) is 0 Å². The Morgan fingerprint density at radius 3 is 2.56 bits per heavy atom. The van der Waals surface area contributed by atoms with Gasteiger partial charge < -0.3 is 10.0 Å². The summed E-state index contributed by atoms with van der Waals surface area (Å²) in [7, 11) is 1.47. The van der Waals surface area contributed by atoms with E-state index >= 15 is 0 Å². The number of Topliss-reactive ketones (excluding diaryl/α,β-unsaturated/α-hetero) is 2. The molecule has 0 saturated heterocycles. The Balaban J connectivity index is 2.58. The molecule has 0 spiro atoms. The third-order valence-electron chi connectivity index (χ3n) is 3.05. The fourth-order valence-electron chi connectivity index (χ4n) is 2.18. The van der Waals surface area contributed by atoms with E-state index in [-0.39, 0.29) is 5.56 Å². The van der Waals surface area contributed by atoms with E-state index < -0.39 is 29.5 Å². The second-order valence-corrected chi connectivity index (χ2v) is 4.45. The van der Waals surface area contributed by atoms with Crippen LogP contribution in [0.2, 0.25) is 0 Å². The second kappa shape index (κ2) is 4.03. The lowest BCUT2D eigenvalue weighted by atomic mass is 9.83. The number of likely N-dealkylation sites (N-methyl/N-ethyl adjacent to an activating group) is 1. The zero-order valence-electron chi connectivity index (χ0n) is 10.1. The molecular weight excluding hydrogens is 234 g/mol. The van der Waals surface area contributed by atoms with Gasteiger partial charge in [-0.05, 0) is 19.1 Å². The van der Waals surface area contributed by atoms with Gasteiger partial charge in [0.25, 0.3) is 5.91 Å². The first-order valence-corrected chi connectivity index (χ1v) is 5.51. The van der Waals surface area contributed by atoms with Crippen molar-refractivity contribution in [2.75, 3.05) is 11.9 Å². The molecule has 5 nitrogen and oxygen atoms in total. The first kappa shape index (κ1) is 12.4. The van der Waals surface area contributed by atoms with Gasteiger partial charge in [0.05, 0.1) is 12.1 Å². The van der Waals surface area contributed by atoms with Gasteiger partial charge in [-0.3, -0.25) is 14.4 Å². The molecule has 1 amide bonds.